The quantitative estimate of drug-likeness (QED) is 0.459. The highest BCUT2D eigenvalue weighted by Gasteiger charge is 2.02. The average Bonchev–Trinajstić information content (AvgIpc) is 2.19. The molecule has 1 heteroatoms. The van der Waals surface area contributed by atoms with Crippen molar-refractivity contribution in [2.24, 2.45) is 0 Å². The van der Waals surface area contributed by atoms with Gasteiger partial charge in [-0.2, -0.15) is 0 Å². The highest BCUT2D eigenvalue weighted by molar-refractivity contribution is 4.60. The Morgan fingerprint density at radius 3 is 1.50 bits per heavy atom. The van der Waals surface area contributed by atoms with Gasteiger partial charge in [0.15, 0.2) is 0 Å². The number of hydrogen-bond donors (Lipinski definition) is 0. The van der Waals surface area contributed by atoms with Crippen molar-refractivity contribution in [1.29, 1.82) is 0 Å². The summed E-state index contributed by atoms with van der Waals surface area (Å²) >= 11 is 0. The van der Waals surface area contributed by atoms with Crippen molar-refractivity contribution in [3.8, 4) is 0 Å². The molecule has 0 aliphatic rings. The molecule has 0 atom stereocenters. The first kappa shape index (κ1) is 14.0. The predicted octanol–water partition coefficient (Wildman–Crippen LogP) is 4.58. The van der Waals surface area contributed by atoms with Crippen LogP contribution in [0.5, 0.6) is 0 Å². The molecule has 1 nitrogen and oxygen atoms in total. The summed E-state index contributed by atoms with van der Waals surface area (Å²) in [5, 5.41) is 0. The normalized spacial score (nSPS) is 11.1. The van der Waals surface area contributed by atoms with E-state index in [1.54, 1.807) is 0 Å². The van der Waals surface area contributed by atoms with Gasteiger partial charge in [0.05, 0.1) is 0 Å². The molecule has 0 fully saturated rings. The highest BCUT2D eigenvalue weighted by atomic mass is 14.6. The van der Waals surface area contributed by atoms with E-state index in [1.807, 2.05) is 0 Å². The fourth-order valence-electron chi connectivity index (χ4n) is 1.78. The van der Waals surface area contributed by atoms with Crippen LogP contribution in [0.1, 0.15) is 78.1 Å². The molecule has 1 radical (unpaired) electrons. The summed E-state index contributed by atoms with van der Waals surface area (Å²) in [6, 6.07) is 0.226. The molecule has 0 aliphatic heterocycles. The van der Waals surface area contributed by atoms with Gasteiger partial charge in [-0.1, -0.05) is 65.2 Å². The molecule has 0 aromatic heterocycles. The van der Waals surface area contributed by atoms with E-state index in [0.717, 1.165) is 12.8 Å². The van der Waals surface area contributed by atoms with E-state index in [-0.39, 0.29) is 6.04 Å². The lowest BCUT2D eigenvalue weighted by Gasteiger charge is -2.09. The Balaban J connectivity index is 3.07. The summed E-state index contributed by atoms with van der Waals surface area (Å²) in [4.78, 5) is 0. The molecule has 0 spiro atoms. The number of nitrogens with one attached hydrogen (secondary N) is 1. The van der Waals surface area contributed by atoms with Gasteiger partial charge in [-0.3, -0.25) is 5.73 Å². The zero-order valence-electron chi connectivity index (χ0n) is 10.1. The lowest BCUT2D eigenvalue weighted by Crippen LogP contribution is -2.08. The third kappa shape index (κ3) is 10.0. The van der Waals surface area contributed by atoms with Gasteiger partial charge in [0, 0.05) is 6.04 Å². The van der Waals surface area contributed by atoms with Crippen LogP contribution in [0.2, 0.25) is 0 Å². The van der Waals surface area contributed by atoms with Gasteiger partial charge in [-0.15, -0.1) is 0 Å². The van der Waals surface area contributed by atoms with Gasteiger partial charge >= 0.3 is 0 Å². The molecular formula is C13H28N. The van der Waals surface area contributed by atoms with Crippen LogP contribution >= 0.6 is 0 Å². The second-order valence-electron chi connectivity index (χ2n) is 4.40. The minimum atomic E-state index is 0.226. The monoisotopic (exact) mass is 198 g/mol. The third-order valence-corrected chi connectivity index (χ3v) is 2.81. The Morgan fingerprint density at radius 2 is 1.14 bits per heavy atom. The highest BCUT2D eigenvalue weighted by Crippen LogP contribution is 2.11. The summed E-state index contributed by atoms with van der Waals surface area (Å²) in [6.07, 6.45) is 12.8. The molecule has 0 aliphatic carbocycles. The van der Waals surface area contributed by atoms with Gasteiger partial charge < -0.3 is 0 Å². The van der Waals surface area contributed by atoms with Crippen LogP contribution in [0.25, 0.3) is 0 Å². The number of hydrogen-bond acceptors (Lipinski definition) is 0. The van der Waals surface area contributed by atoms with E-state index >= 15 is 0 Å². The van der Waals surface area contributed by atoms with Gasteiger partial charge in [0.25, 0.3) is 0 Å². The van der Waals surface area contributed by atoms with Gasteiger partial charge in [0.1, 0.15) is 0 Å². The Bertz CT molecular complexity index is 89.4. The van der Waals surface area contributed by atoms with Crippen LogP contribution in [0, 0.1) is 0 Å². The van der Waals surface area contributed by atoms with Crippen LogP contribution in [0.4, 0.5) is 0 Å². The molecule has 0 rings (SSSR count). The Hall–Kier alpha value is -0.0400. The first-order chi connectivity index (χ1) is 6.81. The van der Waals surface area contributed by atoms with Crippen molar-refractivity contribution < 1.29 is 0 Å². The van der Waals surface area contributed by atoms with E-state index in [1.165, 1.54) is 51.4 Å². The fraction of sp³-hybridized carbons (Fsp3) is 1.00. The SMILES string of the molecule is CCCCCCC([NH])CCCCCC. The summed E-state index contributed by atoms with van der Waals surface area (Å²) in [7, 11) is 0. The van der Waals surface area contributed by atoms with Crippen molar-refractivity contribution in [3.05, 3.63) is 0 Å². The maximum atomic E-state index is 7.84. The van der Waals surface area contributed by atoms with Crippen LogP contribution in [0.3, 0.4) is 0 Å². The van der Waals surface area contributed by atoms with Crippen LogP contribution < -0.4 is 5.73 Å². The number of rotatable bonds is 10. The van der Waals surface area contributed by atoms with E-state index in [4.69, 9.17) is 5.73 Å². The van der Waals surface area contributed by atoms with Crippen LogP contribution in [0.15, 0.2) is 0 Å². The average molecular weight is 198 g/mol. The molecule has 0 amide bonds. The van der Waals surface area contributed by atoms with Gasteiger partial charge in [-0.25, -0.2) is 0 Å². The van der Waals surface area contributed by atoms with E-state index in [0.29, 0.717) is 0 Å². The first-order valence-electron chi connectivity index (χ1n) is 6.52. The van der Waals surface area contributed by atoms with E-state index < -0.39 is 0 Å². The van der Waals surface area contributed by atoms with Crippen LogP contribution in [-0.4, -0.2) is 6.04 Å². The Kier molecular flexibility index (Phi) is 11.0. The Morgan fingerprint density at radius 1 is 0.714 bits per heavy atom. The molecule has 0 heterocycles. The Labute approximate surface area is 90.5 Å². The van der Waals surface area contributed by atoms with E-state index in [9.17, 15) is 0 Å². The summed E-state index contributed by atoms with van der Waals surface area (Å²) in [5.74, 6) is 0. The maximum Gasteiger partial charge on any atom is 0.0213 e. The second kappa shape index (κ2) is 11.0. The van der Waals surface area contributed by atoms with Gasteiger partial charge in [0.2, 0.25) is 0 Å². The number of unbranched alkanes of at least 4 members (excludes halogenated alkanes) is 6. The predicted molar refractivity (Wildman–Crippen MR) is 64.4 cm³/mol. The molecular weight excluding hydrogens is 170 g/mol. The molecule has 0 unspecified atom stereocenters. The lowest BCUT2D eigenvalue weighted by molar-refractivity contribution is 0.483. The summed E-state index contributed by atoms with van der Waals surface area (Å²) in [6.45, 7) is 4.48. The molecule has 0 aromatic rings. The third-order valence-electron chi connectivity index (χ3n) is 2.81. The molecule has 0 saturated carbocycles. The summed E-state index contributed by atoms with van der Waals surface area (Å²) < 4.78 is 0. The van der Waals surface area contributed by atoms with E-state index in [2.05, 4.69) is 13.8 Å². The van der Waals surface area contributed by atoms with Crippen LogP contribution in [-0.2, 0) is 0 Å². The smallest absolute Gasteiger partial charge is 0.0213 e. The zero-order valence-corrected chi connectivity index (χ0v) is 10.1. The van der Waals surface area contributed by atoms with Crippen molar-refractivity contribution in [2.45, 2.75) is 84.1 Å². The minimum Gasteiger partial charge on any atom is -0.255 e. The molecule has 0 aromatic carbocycles. The standard InChI is InChI=1S/C13H28N/c1-3-5-7-9-11-13(14)12-10-8-6-4-2/h13-14H,3-12H2,1-2H3. The molecule has 1 N–H and O–H groups in total. The molecule has 0 bridgehead atoms. The van der Waals surface area contributed by atoms with Crippen molar-refractivity contribution >= 4 is 0 Å². The fourth-order valence-corrected chi connectivity index (χ4v) is 1.78. The molecule has 14 heavy (non-hydrogen) atoms. The largest absolute Gasteiger partial charge is 0.255 e. The maximum absolute atomic E-state index is 7.84. The van der Waals surface area contributed by atoms with Crippen molar-refractivity contribution in [1.82, 2.24) is 5.73 Å². The topological polar surface area (TPSA) is 23.8 Å². The molecule has 85 valence electrons. The zero-order chi connectivity index (χ0) is 10.6. The first-order valence-corrected chi connectivity index (χ1v) is 6.52. The minimum absolute atomic E-state index is 0.226. The van der Waals surface area contributed by atoms with Crippen molar-refractivity contribution in [3.63, 3.8) is 0 Å². The lowest BCUT2D eigenvalue weighted by atomic mass is 10.0. The van der Waals surface area contributed by atoms with Crippen molar-refractivity contribution in [2.75, 3.05) is 0 Å². The summed E-state index contributed by atoms with van der Waals surface area (Å²) in [5.41, 5.74) is 7.84. The second-order valence-corrected chi connectivity index (χ2v) is 4.40. The van der Waals surface area contributed by atoms with Gasteiger partial charge in [-0.05, 0) is 12.8 Å². The molecule has 0 saturated heterocycles.